The van der Waals surface area contributed by atoms with Crippen LogP contribution in [0.25, 0.3) is 22.0 Å². The van der Waals surface area contributed by atoms with E-state index < -0.39 is 5.97 Å². The average Bonchev–Trinajstić information content (AvgIpc) is 3.18. The number of azo groups is 1. The Labute approximate surface area is 195 Å². The van der Waals surface area contributed by atoms with Crippen LogP contribution >= 0.6 is 0 Å². The summed E-state index contributed by atoms with van der Waals surface area (Å²) in [6.45, 7) is 2.00. The zero-order valence-corrected chi connectivity index (χ0v) is 18.3. The van der Waals surface area contributed by atoms with Crippen LogP contribution in [0.2, 0.25) is 0 Å². The van der Waals surface area contributed by atoms with Crippen LogP contribution < -0.4 is 5.32 Å². The molecule has 2 heterocycles. The standard InChI is InChI=1S/C26H24N4O4/c31-24-19(17-3-1-4-18(13-17)26(33)34)5-2-6-21(24)29-30-23-20-8-7-16(14-22(20)28-25(23)32)15-9-11-27-12-10-15/h1-8,13-15,27-28,31-32H,9-12H2,(H,33,34). The van der Waals surface area contributed by atoms with E-state index in [0.717, 1.165) is 36.8 Å². The van der Waals surface area contributed by atoms with E-state index in [2.05, 4.69) is 32.7 Å². The number of hydrogen-bond acceptors (Lipinski definition) is 6. The van der Waals surface area contributed by atoms with Crippen molar-refractivity contribution in [3.8, 4) is 22.8 Å². The van der Waals surface area contributed by atoms with Gasteiger partial charge in [0.25, 0.3) is 0 Å². The molecule has 3 aromatic carbocycles. The van der Waals surface area contributed by atoms with Crippen molar-refractivity contribution in [3.63, 3.8) is 0 Å². The van der Waals surface area contributed by atoms with Crippen molar-refractivity contribution < 1.29 is 20.1 Å². The Morgan fingerprint density at radius 1 is 0.941 bits per heavy atom. The summed E-state index contributed by atoms with van der Waals surface area (Å²) in [5.41, 5.74) is 3.63. The number of phenolic OH excluding ortho intramolecular Hbond substituents is 1. The highest BCUT2D eigenvalue weighted by Gasteiger charge is 2.18. The highest BCUT2D eigenvalue weighted by Crippen LogP contribution is 2.41. The number of nitrogens with zero attached hydrogens (tertiary/aromatic N) is 2. The molecule has 34 heavy (non-hydrogen) atoms. The summed E-state index contributed by atoms with van der Waals surface area (Å²) in [6, 6.07) is 17.4. The van der Waals surface area contributed by atoms with Crippen LogP contribution in [-0.4, -0.2) is 39.4 Å². The lowest BCUT2D eigenvalue weighted by molar-refractivity contribution is 0.0697. The second kappa shape index (κ2) is 8.99. The van der Waals surface area contributed by atoms with Crippen LogP contribution in [0.4, 0.5) is 11.4 Å². The number of rotatable bonds is 5. The van der Waals surface area contributed by atoms with Gasteiger partial charge in [-0.25, -0.2) is 4.79 Å². The Balaban J connectivity index is 1.47. The second-order valence-electron chi connectivity index (χ2n) is 8.41. The molecule has 0 radical (unpaired) electrons. The summed E-state index contributed by atoms with van der Waals surface area (Å²) in [4.78, 5) is 14.3. The molecule has 0 unspecified atom stereocenters. The number of carboxylic acid groups (broad SMARTS) is 1. The number of benzene rings is 3. The lowest BCUT2D eigenvalue weighted by atomic mass is 9.90. The van der Waals surface area contributed by atoms with Gasteiger partial charge in [0, 0.05) is 10.9 Å². The molecular formula is C26H24N4O4. The molecule has 1 aliphatic rings. The van der Waals surface area contributed by atoms with Crippen molar-refractivity contribution in [2.24, 2.45) is 10.2 Å². The summed E-state index contributed by atoms with van der Waals surface area (Å²) >= 11 is 0. The fourth-order valence-electron chi connectivity index (χ4n) is 4.47. The van der Waals surface area contributed by atoms with Gasteiger partial charge in [-0.3, -0.25) is 0 Å². The lowest BCUT2D eigenvalue weighted by Gasteiger charge is -2.22. The predicted octanol–water partition coefficient (Wildman–Crippen LogP) is 5.83. The van der Waals surface area contributed by atoms with Gasteiger partial charge >= 0.3 is 5.97 Å². The van der Waals surface area contributed by atoms with Crippen LogP contribution in [0.15, 0.2) is 70.9 Å². The summed E-state index contributed by atoms with van der Waals surface area (Å²) in [6.07, 6.45) is 2.16. The molecule has 1 fully saturated rings. The topological polar surface area (TPSA) is 130 Å². The molecule has 0 aliphatic carbocycles. The van der Waals surface area contributed by atoms with Gasteiger partial charge in [0.05, 0.1) is 11.1 Å². The highest BCUT2D eigenvalue weighted by atomic mass is 16.4. The van der Waals surface area contributed by atoms with Gasteiger partial charge in [-0.2, -0.15) is 0 Å². The molecule has 0 atom stereocenters. The van der Waals surface area contributed by atoms with E-state index in [1.807, 2.05) is 6.07 Å². The zero-order valence-electron chi connectivity index (χ0n) is 18.3. The SMILES string of the molecule is O=C(O)c1cccc(-c2cccc(N=Nc3c(O)[nH]c4cc(C5CCNCC5)ccc34)c2O)c1. The van der Waals surface area contributed by atoms with Gasteiger partial charge in [0.15, 0.2) is 11.4 Å². The number of phenols is 1. The molecule has 8 nitrogen and oxygen atoms in total. The zero-order chi connectivity index (χ0) is 23.7. The predicted molar refractivity (Wildman–Crippen MR) is 129 cm³/mol. The quantitative estimate of drug-likeness (QED) is 0.241. The maximum absolute atomic E-state index is 11.3. The number of H-pyrrole nitrogens is 1. The minimum Gasteiger partial charge on any atom is -0.505 e. The number of aromatic hydroxyl groups is 2. The number of hydrogen-bond donors (Lipinski definition) is 5. The van der Waals surface area contributed by atoms with E-state index in [1.54, 1.807) is 30.3 Å². The Morgan fingerprint density at radius 2 is 1.74 bits per heavy atom. The number of para-hydroxylation sites is 1. The van der Waals surface area contributed by atoms with Gasteiger partial charge in [0.2, 0.25) is 5.88 Å². The van der Waals surface area contributed by atoms with E-state index in [-0.39, 0.29) is 22.9 Å². The van der Waals surface area contributed by atoms with Crippen molar-refractivity contribution in [3.05, 3.63) is 71.8 Å². The van der Waals surface area contributed by atoms with Crippen LogP contribution in [-0.2, 0) is 0 Å². The van der Waals surface area contributed by atoms with Gasteiger partial charge in [-0.05, 0) is 67.2 Å². The summed E-state index contributed by atoms with van der Waals surface area (Å²) in [5, 5.41) is 43.0. The van der Waals surface area contributed by atoms with Crippen molar-refractivity contribution in [1.29, 1.82) is 0 Å². The maximum Gasteiger partial charge on any atom is 0.335 e. The Morgan fingerprint density at radius 3 is 2.53 bits per heavy atom. The summed E-state index contributed by atoms with van der Waals surface area (Å²) < 4.78 is 0. The fraction of sp³-hybridized carbons (Fsp3) is 0.192. The molecule has 8 heteroatoms. The number of carbonyl (C=O) groups is 1. The van der Waals surface area contributed by atoms with Crippen molar-refractivity contribution in [2.45, 2.75) is 18.8 Å². The van der Waals surface area contributed by atoms with Crippen LogP contribution in [0.5, 0.6) is 11.6 Å². The molecule has 0 saturated carbocycles. The Kier molecular flexibility index (Phi) is 5.73. The number of piperidine rings is 1. The minimum absolute atomic E-state index is 0.0917. The van der Waals surface area contributed by atoms with Crippen LogP contribution in [0.3, 0.4) is 0 Å². The van der Waals surface area contributed by atoms with Crippen molar-refractivity contribution in [2.75, 3.05) is 13.1 Å². The van der Waals surface area contributed by atoms with E-state index in [4.69, 9.17) is 0 Å². The third-order valence-corrected chi connectivity index (χ3v) is 6.28. The third kappa shape index (κ3) is 4.11. The largest absolute Gasteiger partial charge is 0.505 e. The molecule has 4 aromatic rings. The first-order chi connectivity index (χ1) is 16.5. The highest BCUT2D eigenvalue weighted by molar-refractivity contribution is 5.94. The van der Waals surface area contributed by atoms with Gasteiger partial charge in [-0.15, -0.1) is 10.2 Å². The van der Waals surface area contributed by atoms with Gasteiger partial charge < -0.3 is 25.6 Å². The number of carboxylic acids is 1. The Bertz CT molecular complexity index is 1400. The molecule has 0 bridgehead atoms. The molecule has 1 aromatic heterocycles. The van der Waals surface area contributed by atoms with E-state index in [0.29, 0.717) is 22.7 Å². The molecule has 5 rings (SSSR count). The number of nitrogens with one attached hydrogen (secondary N) is 2. The molecule has 172 valence electrons. The first kappa shape index (κ1) is 21.7. The van der Waals surface area contributed by atoms with Gasteiger partial charge in [-0.1, -0.05) is 36.4 Å². The van der Waals surface area contributed by atoms with Crippen molar-refractivity contribution in [1.82, 2.24) is 10.3 Å². The first-order valence-corrected chi connectivity index (χ1v) is 11.1. The molecule has 0 spiro atoms. The monoisotopic (exact) mass is 456 g/mol. The summed E-state index contributed by atoms with van der Waals surface area (Å²) in [7, 11) is 0. The smallest absolute Gasteiger partial charge is 0.335 e. The van der Waals surface area contributed by atoms with Crippen LogP contribution in [0.1, 0.15) is 34.7 Å². The lowest BCUT2D eigenvalue weighted by Crippen LogP contribution is -2.26. The fourth-order valence-corrected chi connectivity index (χ4v) is 4.47. The number of aromatic nitrogens is 1. The third-order valence-electron chi connectivity index (χ3n) is 6.28. The molecule has 1 saturated heterocycles. The molecule has 1 aliphatic heterocycles. The van der Waals surface area contributed by atoms with Crippen molar-refractivity contribution >= 4 is 28.2 Å². The van der Waals surface area contributed by atoms with Crippen LogP contribution in [0, 0.1) is 0 Å². The Hall–Kier alpha value is -4.17. The number of aromatic amines is 1. The second-order valence-corrected chi connectivity index (χ2v) is 8.41. The summed E-state index contributed by atoms with van der Waals surface area (Å²) in [5.74, 6) is -0.775. The van der Waals surface area contributed by atoms with Gasteiger partial charge in [0.1, 0.15) is 5.69 Å². The van der Waals surface area contributed by atoms with E-state index in [9.17, 15) is 20.1 Å². The minimum atomic E-state index is -1.05. The molecule has 0 amide bonds. The number of aromatic carboxylic acids is 1. The maximum atomic E-state index is 11.3. The van der Waals surface area contributed by atoms with E-state index >= 15 is 0 Å². The number of fused-ring (bicyclic) bond motifs is 1. The van der Waals surface area contributed by atoms with E-state index in [1.165, 1.54) is 17.7 Å². The normalized spacial score (nSPS) is 14.7. The molecular weight excluding hydrogens is 432 g/mol. The first-order valence-electron chi connectivity index (χ1n) is 11.1. The average molecular weight is 457 g/mol. The molecule has 5 N–H and O–H groups in total.